The number of hydrogen-bond donors (Lipinski definition) is 1. The van der Waals surface area contributed by atoms with E-state index in [1.54, 1.807) is 18.9 Å². The maximum atomic E-state index is 12.9. The molecule has 1 aliphatic carbocycles. The molecule has 2 fully saturated rings. The van der Waals surface area contributed by atoms with Crippen LogP contribution in [0.2, 0.25) is 0 Å². The average Bonchev–Trinajstić information content (AvgIpc) is 3.10. The number of rotatable bonds is 7. The van der Waals surface area contributed by atoms with Gasteiger partial charge in [-0.2, -0.15) is 16.1 Å². The molecule has 6 nitrogen and oxygen atoms in total. The summed E-state index contributed by atoms with van der Waals surface area (Å²) in [6.45, 7) is 0.651. The van der Waals surface area contributed by atoms with Crippen molar-refractivity contribution in [3.8, 4) is 0 Å². The Morgan fingerprint density at radius 1 is 1.38 bits per heavy atom. The zero-order chi connectivity index (χ0) is 15.5. The van der Waals surface area contributed by atoms with Gasteiger partial charge < -0.3 is 9.84 Å². The molecule has 0 amide bonds. The fourth-order valence-electron chi connectivity index (χ4n) is 3.19. The van der Waals surface area contributed by atoms with Crippen LogP contribution in [0.25, 0.3) is 0 Å². The van der Waals surface area contributed by atoms with Crippen molar-refractivity contribution in [2.45, 2.75) is 37.0 Å². The van der Waals surface area contributed by atoms with Crippen molar-refractivity contribution in [1.82, 2.24) is 4.31 Å². The van der Waals surface area contributed by atoms with Crippen LogP contribution in [0.15, 0.2) is 0 Å². The summed E-state index contributed by atoms with van der Waals surface area (Å²) in [5.74, 6) is -0.0212. The summed E-state index contributed by atoms with van der Waals surface area (Å²) in [6.07, 6.45) is 2.40. The van der Waals surface area contributed by atoms with E-state index in [0.717, 1.165) is 17.9 Å². The Hall–Kier alpha value is -0.310. The van der Waals surface area contributed by atoms with Crippen LogP contribution in [0, 0.1) is 5.92 Å². The predicted molar refractivity (Wildman–Crippen MR) is 82.0 cm³/mol. The van der Waals surface area contributed by atoms with E-state index in [1.165, 1.54) is 4.31 Å². The smallest absolute Gasteiger partial charge is 0.307 e. The number of ether oxygens (including phenoxy) is 1. The Labute approximate surface area is 130 Å². The van der Waals surface area contributed by atoms with E-state index in [9.17, 15) is 18.3 Å². The van der Waals surface area contributed by atoms with Gasteiger partial charge in [0.05, 0.1) is 17.8 Å². The summed E-state index contributed by atoms with van der Waals surface area (Å²) in [7, 11) is -2.05. The molecule has 1 saturated carbocycles. The standard InChI is InChI=1S/C13H23NO5S2/c1-19-7-6-14(10-5-8-20-9-10)21(17,18)12-4-2-3-11(12)13(15)16/h10-12H,2-9H2,1H3,(H,15,16). The molecule has 3 atom stereocenters. The summed E-state index contributed by atoms with van der Waals surface area (Å²) in [4.78, 5) is 11.3. The van der Waals surface area contributed by atoms with Gasteiger partial charge in [-0.15, -0.1) is 0 Å². The molecule has 1 heterocycles. The average molecular weight is 337 g/mol. The molecular weight excluding hydrogens is 314 g/mol. The highest BCUT2D eigenvalue weighted by Crippen LogP contribution is 2.35. The van der Waals surface area contributed by atoms with Gasteiger partial charge in [0.2, 0.25) is 10.0 Å². The minimum Gasteiger partial charge on any atom is -0.481 e. The number of carboxylic acid groups (broad SMARTS) is 1. The van der Waals surface area contributed by atoms with E-state index in [2.05, 4.69) is 0 Å². The highest BCUT2D eigenvalue weighted by atomic mass is 32.2. The highest BCUT2D eigenvalue weighted by Gasteiger charge is 2.46. The molecule has 0 spiro atoms. The minimum atomic E-state index is -3.59. The third kappa shape index (κ3) is 3.72. The number of sulfonamides is 1. The lowest BCUT2D eigenvalue weighted by molar-refractivity contribution is -0.141. The summed E-state index contributed by atoms with van der Waals surface area (Å²) in [5.41, 5.74) is 0. The van der Waals surface area contributed by atoms with Crippen molar-refractivity contribution in [3.05, 3.63) is 0 Å². The third-order valence-corrected chi connectivity index (χ3v) is 7.92. The number of nitrogens with zero attached hydrogens (tertiary/aromatic N) is 1. The van der Waals surface area contributed by atoms with Gasteiger partial charge >= 0.3 is 5.97 Å². The SMILES string of the molecule is COCCN(C1CCSC1)S(=O)(=O)C1CCCC1C(=O)O. The molecule has 0 bridgehead atoms. The monoisotopic (exact) mass is 337 g/mol. The van der Waals surface area contributed by atoms with Crippen molar-refractivity contribution < 1.29 is 23.1 Å². The van der Waals surface area contributed by atoms with Crippen LogP contribution >= 0.6 is 11.8 Å². The van der Waals surface area contributed by atoms with Crippen molar-refractivity contribution >= 4 is 27.8 Å². The number of carbonyl (C=O) groups is 1. The lowest BCUT2D eigenvalue weighted by Gasteiger charge is -2.31. The van der Waals surface area contributed by atoms with Gasteiger partial charge in [-0.1, -0.05) is 6.42 Å². The largest absolute Gasteiger partial charge is 0.481 e. The van der Waals surface area contributed by atoms with Crippen molar-refractivity contribution in [2.75, 3.05) is 31.8 Å². The molecule has 3 unspecified atom stereocenters. The van der Waals surface area contributed by atoms with Gasteiger partial charge in [0.1, 0.15) is 0 Å². The number of thioether (sulfide) groups is 1. The Kier molecular flexibility index (Phi) is 5.93. The molecule has 1 N–H and O–H groups in total. The molecule has 8 heteroatoms. The lowest BCUT2D eigenvalue weighted by Crippen LogP contribution is -2.48. The molecule has 21 heavy (non-hydrogen) atoms. The zero-order valence-corrected chi connectivity index (χ0v) is 13.9. The molecular formula is C13H23NO5S2. The fraction of sp³-hybridized carbons (Fsp3) is 0.923. The molecule has 1 saturated heterocycles. The second-order valence-corrected chi connectivity index (χ2v) is 8.83. The normalized spacial score (nSPS) is 30.1. The topological polar surface area (TPSA) is 83.9 Å². The van der Waals surface area contributed by atoms with Gasteiger partial charge in [-0.05, 0) is 25.0 Å². The van der Waals surface area contributed by atoms with E-state index in [-0.39, 0.29) is 6.04 Å². The molecule has 0 aromatic rings. The minimum absolute atomic E-state index is 0.0230. The molecule has 122 valence electrons. The van der Waals surface area contributed by atoms with E-state index in [0.29, 0.717) is 32.4 Å². The second-order valence-electron chi connectivity index (χ2n) is 5.58. The Morgan fingerprint density at radius 2 is 2.14 bits per heavy atom. The molecule has 0 aromatic heterocycles. The van der Waals surface area contributed by atoms with Gasteiger partial charge in [-0.25, -0.2) is 8.42 Å². The molecule has 1 aliphatic heterocycles. The highest BCUT2D eigenvalue weighted by molar-refractivity contribution is 7.99. The van der Waals surface area contributed by atoms with Crippen LogP contribution in [0.1, 0.15) is 25.7 Å². The molecule has 0 aromatic carbocycles. The van der Waals surface area contributed by atoms with Crippen molar-refractivity contribution in [2.24, 2.45) is 5.92 Å². The van der Waals surface area contributed by atoms with Crippen LogP contribution in [0.4, 0.5) is 0 Å². The fourth-order valence-corrected chi connectivity index (χ4v) is 6.91. The van der Waals surface area contributed by atoms with E-state index < -0.39 is 27.2 Å². The number of methoxy groups -OCH3 is 1. The first kappa shape index (κ1) is 17.1. The Balaban J connectivity index is 2.21. The van der Waals surface area contributed by atoms with Gasteiger partial charge in [0.15, 0.2) is 0 Å². The quantitative estimate of drug-likeness (QED) is 0.747. The second kappa shape index (κ2) is 7.30. The first-order valence-electron chi connectivity index (χ1n) is 7.28. The van der Waals surface area contributed by atoms with Crippen LogP contribution in [-0.2, 0) is 19.6 Å². The maximum absolute atomic E-state index is 12.9. The van der Waals surface area contributed by atoms with Crippen LogP contribution in [0.5, 0.6) is 0 Å². The lowest BCUT2D eigenvalue weighted by atomic mass is 10.1. The maximum Gasteiger partial charge on any atom is 0.307 e. The van der Waals surface area contributed by atoms with E-state index in [1.807, 2.05) is 0 Å². The first-order valence-corrected chi connectivity index (χ1v) is 9.94. The van der Waals surface area contributed by atoms with Crippen LogP contribution in [-0.4, -0.2) is 66.9 Å². The predicted octanol–water partition coefficient (Wildman–Crippen LogP) is 1.02. The van der Waals surface area contributed by atoms with Crippen molar-refractivity contribution in [3.63, 3.8) is 0 Å². The van der Waals surface area contributed by atoms with E-state index in [4.69, 9.17) is 4.74 Å². The Morgan fingerprint density at radius 3 is 2.71 bits per heavy atom. The number of hydrogen-bond acceptors (Lipinski definition) is 5. The van der Waals surface area contributed by atoms with Gasteiger partial charge in [-0.3, -0.25) is 4.79 Å². The molecule has 0 radical (unpaired) electrons. The van der Waals surface area contributed by atoms with Gasteiger partial charge in [0.25, 0.3) is 0 Å². The van der Waals surface area contributed by atoms with E-state index >= 15 is 0 Å². The summed E-state index contributed by atoms with van der Waals surface area (Å²) in [6, 6.07) is -0.0230. The van der Waals surface area contributed by atoms with Crippen LogP contribution < -0.4 is 0 Å². The first-order chi connectivity index (χ1) is 9.98. The summed E-state index contributed by atoms with van der Waals surface area (Å²) < 4.78 is 32.4. The summed E-state index contributed by atoms with van der Waals surface area (Å²) >= 11 is 1.75. The Bertz CT molecular complexity index is 461. The summed E-state index contributed by atoms with van der Waals surface area (Å²) in [5, 5.41) is 8.48. The van der Waals surface area contributed by atoms with Crippen molar-refractivity contribution in [1.29, 1.82) is 0 Å². The third-order valence-electron chi connectivity index (χ3n) is 4.31. The van der Waals surface area contributed by atoms with Crippen LogP contribution in [0.3, 0.4) is 0 Å². The van der Waals surface area contributed by atoms with Gasteiger partial charge in [0, 0.05) is 25.4 Å². The number of aliphatic carboxylic acids is 1. The molecule has 2 aliphatic rings. The zero-order valence-electron chi connectivity index (χ0n) is 12.2. The number of carboxylic acids is 1. The molecule has 2 rings (SSSR count).